The number of rotatable bonds is 7. The minimum absolute atomic E-state index is 0.300. The number of nitrogens with zero attached hydrogens (tertiary/aromatic N) is 4. The van der Waals surface area contributed by atoms with E-state index < -0.39 is 5.82 Å². The van der Waals surface area contributed by atoms with Gasteiger partial charge in [-0.3, -0.25) is 9.78 Å². The molecule has 1 fully saturated rings. The van der Waals surface area contributed by atoms with E-state index in [0.29, 0.717) is 41.4 Å². The van der Waals surface area contributed by atoms with Crippen LogP contribution >= 0.6 is 0 Å². The molecule has 1 aliphatic rings. The van der Waals surface area contributed by atoms with Gasteiger partial charge >= 0.3 is 0 Å². The SMILES string of the molecule is CN(C=O)c1ccc(F)c(-c2cnc(NCC3(c4ncccc4F)CCC3)nc2)c1. The van der Waals surface area contributed by atoms with E-state index in [-0.39, 0.29) is 11.2 Å². The summed E-state index contributed by atoms with van der Waals surface area (Å²) < 4.78 is 28.5. The van der Waals surface area contributed by atoms with E-state index in [2.05, 4.69) is 20.3 Å². The van der Waals surface area contributed by atoms with E-state index in [1.807, 2.05) is 0 Å². The van der Waals surface area contributed by atoms with Crippen LogP contribution in [0, 0.1) is 11.6 Å². The van der Waals surface area contributed by atoms with Crippen LogP contribution in [0.5, 0.6) is 0 Å². The first-order valence-corrected chi connectivity index (χ1v) is 9.67. The van der Waals surface area contributed by atoms with E-state index in [4.69, 9.17) is 0 Å². The molecule has 0 unspecified atom stereocenters. The highest BCUT2D eigenvalue weighted by Gasteiger charge is 2.41. The number of halogens is 2. The predicted molar refractivity (Wildman–Crippen MR) is 110 cm³/mol. The molecular formula is C22H21F2N5O. The molecule has 30 heavy (non-hydrogen) atoms. The summed E-state index contributed by atoms with van der Waals surface area (Å²) in [5.41, 5.74) is 1.46. The molecular weight excluding hydrogens is 388 g/mol. The molecule has 4 rings (SSSR count). The number of carbonyl (C=O) groups excluding carboxylic acids is 1. The van der Waals surface area contributed by atoms with Crippen molar-refractivity contribution in [1.29, 1.82) is 0 Å². The van der Waals surface area contributed by atoms with Gasteiger partial charge in [-0.2, -0.15) is 0 Å². The van der Waals surface area contributed by atoms with Crippen molar-refractivity contribution in [2.75, 3.05) is 23.8 Å². The number of aromatic nitrogens is 3. The normalized spacial score (nSPS) is 14.6. The lowest BCUT2D eigenvalue weighted by Gasteiger charge is -2.41. The maximum absolute atomic E-state index is 14.3. The average molecular weight is 409 g/mol. The lowest BCUT2D eigenvalue weighted by atomic mass is 9.66. The second-order valence-electron chi connectivity index (χ2n) is 7.50. The van der Waals surface area contributed by atoms with Gasteiger partial charge < -0.3 is 10.2 Å². The van der Waals surface area contributed by atoms with Crippen LogP contribution in [0.3, 0.4) is 0 Å². The number of anilines is 2. The van der Waals surface area contributed by atoms with Gasteiger partial charge in [0.05, 0.1) is 5.69 Å². The maximum Gasteiger partial charge on any atom is 0.222 e. The molecule has 2 aromatic heterocycles. The third-order valence-electron chi connectivity index (χ3n) is 5.63. The van der Waals surface area contributed by atoms with E-state index in [9.17, 15) is 13.6 Å². The third kappa shape index (κ3) is 3.72. The zero-order valence-electron chi connectivity index (χ0n) is 16.5. The van der Waals surface area contributed by atoms with Gasteiger partial charge in [0, 0.05) is 54.4 Å². The summed E-state index contributed by atoms with van der Waals surface area (Å²) in [5, 5.41) is 3.17. The topological polar surface area (TPSA) is 71.0 Å². The molecule has 8 heteroatoms. The average Bonchev–Trinajstić information content (AvgIpc) is 2.74. The van der Waals surface area contributed by atoms with Gasteiger partial charge in [-0.05, 0) is 43.2 Å². The minimum Gasteiger partial charge on any atom is -0.353 e. The van der Waals surface area contributed by atoms with Gasteiger partial charge in [-0.1, -0.05) is 6.42 Å². The first kappa shape index (κ1) is 19.9. The number of carbonyl (C=O) groups is 1. The Labute approximate surface area is 173 Å². The highest BCUT2D eigenvalue weighted by Crippen LogP contribution is 2.43. The Morgan fingerprint density at radius 3 is 2.53 bits per heavy atom. The van der Waals surface area contributed by atoms with Gasteiger partial charge in [0.2, 0.25) is 12.4 Å². The number of hydrogen-bond acceptors (Lipinski definition) is 5. The van der Waals surface area contributed by atoms with Gasteiger partial charge in [0.15, 0.2) is 0 Å². The van der Waals surface area contributed by atoms with E-state index in [1.165, 1.54) is 35.5 Å². The zero-order chi connectivity index (χ0) is 21.1. The van der Waals surface area contributed by atoms with Crippen LogP contribution in [-0.4, -0.2) is 35.0 Å². The molecule has 6 nitrogen and oxygen atoms in total. The summed E-state index contributed by atoms with van der Waals surface area (Å²) in [7, 11) is 1.59. The second kappa shape index (κ2) is 8.14. The van der Waals surface area contributed by atoms with E-state index >= 15 is 0 Å². The number of nitrogens with one attached hydrogen (secondary N) is 1. The Morgan fingerprint density at radius 2 is 1.90 bits per heavy atom. The molecule has 0 aliphatic heterocycles. The monoisotopic (exact) mass is 409 g/mol. The molecule has 0 radical (unpaired) electrons. The van der Waals surface area contributed by atoms with Crippen LogP contribution in [0.15, 0.2) is 48.9 Å². The van der Waals surface area contributed by atoms with E-state index in [1.54, 1.807) is 25.4 Å². The van der Waals surface area contributed by atoms with Crippen LogP contribution in [0.4, 0.5) is 20.4 Å². The number of amides is 1. The van der Waals surface area contributed by atoms with Crippen molar-refractivity contribution in [3.8, 4) is 11.1 Å². The molecule has 1 amide bonds. The Morgan fingerprint density at radius 1 is 1.13 bits per heavy atom. The van der Waals surface area contributed by atoms with Crippen molar-refractivity contribution in [3.05, 3.63) is 66.3 Å². The smallest absolute Gasteiger partial charge is 0.222 e. The van der Waals surface area contributed by atoms with Crippen molar-refractivity contribution in [3.63, 3.8) is 0 Å². The summed E-state index contributed by atoms with van der Waals surface area (Å²) in [5.74, 6) is -0.352. The van der Waals surface area contributed by atoms with Crippen LogP contribution in [0.25, 0.3) is 11.1 Å². The van der Waals surface area contributed by atoms with E-state index in [0.717, 1.165) is 19.3 Å². The molecule has 0 atom stereocenters. The number of pyridine rings is 1. The standard InChI is InChI=1S/C22H21F2N5O/c1-29(14-30)16-5-6-18(23)17(10-16)15-11-26-21(27-12-15)28-13-22(7-3-8-22)20-19(24)4-2-9-25-20/h2,4-6,9-12,14H,3,7-8,13H2,1H3,(H,26,27,28). The van der Waals surface area contributed by atoms with Gasteiger partial charge in [0.25, 0.3) is 0 Å². The van der Waals surface area contributed by atoms with Crippen LogP contribution in [0.1, 0.15) is 25.0 Å². The van der Waals surface area contributed by atoms with Crippen LogP contribution in [0.2, 0.25) is 0 Å². The number of hydrogen-bond donors (Lipinski definition) is 1. The van der Waals surface area contributed by atoms with Gasteiger partial charge in [-0.15, -0.1) is 0 Å². The summed E-state index contributed by atoms with van der Waals surface area (Å²) >= 11 is 0. The van der Waals surface area contributed by atoms with Gasteiger partial charge in [0.1, 0.15) is 11.6 Å². The molecule has 2 heterocycles. The lowest BCUT2D eigenvalue weighted by Crippen LogP contribution is -2.42. The van der Waals surface area contributed by atoms with Crippen molar-refractivity contribution < 1.29 is 13.6 Å². The summed E-state index contributed by atoms with van der Waals surface area (Å²) in [6, 6.07) is 7.42. The van der Waals surface area contributed by atoms with Gasteiger partial charge in [-0.25, -0.2) is 18.7 Å². The quantitative estimate of drug-likeness (QED) is 0.599. The molecule has 154 valence electrons. The van der Waals surface area contributed by atoms with Crippen LogP contribution in [-0.2, 0) is 10.2 Å². The lowest BCUT2D eigenvalue weighted by molar-refractivity contribution is -0.107. The van der Waals surface area contributed by atoms with Crippen molar-refractivity contribution in [1.82, 2.24) is 15.0 Å². The second-order valence-corrected chi connectivity index (χ2v) is 7.50. The Bertz CT molecular complexity index is 1050. The highest BCUT2D eigenvalue weighted by molar-refractivity contribution is 5.78. The fourth-order valence-electron chi connectivity index (χ4n) is 3.70. The molecule has 1 aromatic carbocycles. The fourth-order valence-corrected chi connectivity index (χ4v) is 3.70. The Balaban J connectivity index is 1.51. The minimum atomic E-state index is -0.429. The molecule has 1 saturated carbocycles. The molecule has 0 spiro atoms. The third-order valence-corrected chi connectivity index (χ3v) is 5.63. The molecule has 0 saturated heterocycles. The zero-order valence-corrected chi connectivity index (χ0v) is 16.5. The molecule has 0 bridgehead atoms. The molecule has 1 aliphatic carbocycles. The van der Waals surface area contributed by atoms with Crippen molar-refractivity contribution in [2.45, 2.75) is 24.7 Å². The Hall–Kier alpha value is -3.42. The van der Waals surface area contributed by atoms with Crippen molar-refractivity contribution >= 4 is 18.0 Å². The molecule has 3 aromatic rings. The first-order valence-electron chi connectivity index (χ1n) is 9.67. The maximum atomic E-state index is 14.3. The first-order chi connectivity index (χ1) is 14.5. The summed E-state index contributed by atoms with van der Waals surface area (Å²) in [6.07, 6.45) is 8.00. The summed E-state index contributed by atoms with van der Waals surface area (Å²) in [4.78, 5) is 25.1. The fraction of sp³-hybridized carbons (Fsp3) is 0.273. The summed E-state index contributed by atoms with van der Waals surface area (Å²) in [6.45, 7) is 0.467. The predicted octanol–water partition coefficient (Wildman–Crippen LogP) is 3.94. The largest absolute Gasteiger partial charge is 0.353 e. The van der Waals surface area contributed by atoms with Crippen LogP contribution < -0.4 is 10.2 Å². The highest BCUT2D eigenvalue weighted by atomic mass is 19.1. The Kier molecular flexibility index (Phi) is 5.39. The number of benzene rings is 1. The van der Waals surface area contributed by atoms with Crippen molar-refractivity contribution in [2.24, 2.45) is 0 Å². The molecule has 1 N–H and O–H groups in total.